The van der Waals surface area contributed by atoms with Gasteiger partial charge in [0.05, 0.1) is 0 Å². The van der Waals surface area contributed by atoms with Gasteiger partial charge in [0.15, 0.2) is 0 Å². The normalized spacial score (nSPS) is 19.2. The van der Waals surface area contributed by atoms with Gasteiger partial charge in [-0.15, -0.1) is 0 Å². The fourth-order valence-electron chi connectivity index (χ4n) is 2.52. The van der Waals surface area contributed by atoms with Crippen molar-refractivity contribution < 1.29 is 9.13 Å². The predicted molar refractivity (Wildman–Crippen MR) is 66.5 cm³/mol. The van der Waals surface area contributed by atoms with E-state index in [9.17, 15) is 4.39 Å². The van der Waals surface area contributed by atoms with Gasteiger partial charge in [-0.3, -0.25) is 0 Å². The summed E-state index contributed by atoms with van der Waals surface area (Å²) < 4.78 is 19.0. The molecule has 0 bridgehead atoms. The molecule has 0 spiro atoms. The number of rotatable bonds is 4. The molecule has 1 heterocycles. The smallest absolute Gasteiger partial charge is 0.126 e. The second-order valence-corrected chi connectivity index (χ2v) is 4.64. The highest BCUT2D eigenvalue weighted by Gasteiger charge is 2.23. The van der Waals surface area contributed by atoms with Gasteiger partial charge in [0.25, 0.3) is 0 Å². The van der Waals surface area contributed by atoms with Gasteiger partial charge < -0.3 is 10.1 Å². The van der Waals surface area contributed by atoms with Crippen molar-refractivity contribution in [2.24, 2.45) is 5.92 Å². The molecule has 1 saturated heterocycles. The highest BCUT2D eigenvalue weighted by atomic mass is 19.1. The standard InChI is InChI=1S/C14H20FNO/c1-16-14(11-6-8-17-9-7-11)10-12-4-2-3-5-13(12)15/h2-5,11,14,16H,6-10H2,1H3. The van der Waals surface area contributed by atoms with E-state index in [0.717, 1.165) is 38.0 Å². The third-order valence-corrected chi connectivity index (χ3v) is 3.60. The van der Waals surface area contributed by atoms with Crippen LogP contribution in [0.3, 0.4) is 0 Å². The molecule has 0 amide bonds. The minimum atomic E-state index is -0.0974. The van der Waals surface area contributed by atoms with Gasteiger partial charge >= 0.3 is 0 Å². The number of ether oxygens (including phenoxy) is 1. The van der Waals surface area contributed by atoms with Crippen molar-refractivity contribution in [2.45, 2.75) is 25.3 Å². The molecule has 17 heavy (non-hydrogen) atoms. The van der Waals surface area contributed by atoms with Crippen LogP contribution in [0.4, 0.5) is 4.39 Å². The summed E-state index contributed by atoms with van der Waals surface area (Å²) in [6, 6.07) is 7.39. The van der Waals surface area contributed by atoms with E-state index in [0.29, 0.717) is 12.0 Å². The Labute approximate surface area is 102 Å². The van der Waals surface area contributed by atoms with E-state index in [-0.39, 0.29) is 5.82 Å². The lowest BCUT2D eigenvalue weighted by Gasteiger charge is -2.30. The van der Waals surface area contributed by atoms with Crippen LogP contribution in [-0.2, 0) is 11.2 Å². The summed E-state index contributed by atoms with van der Waals surface area (Å²) in [7, 11) is 1.96. The largest absolute Gasteiger partial charge is 0.381 e. The van der Waals surface area contributed by atoms with Crippen molar-refractivity contribution in [3.63, 3.8) is 0 Å². The van der Waals surface area contributed by atoms with E-state index in [4.69, 9.17) is 4.74 Å². The first-order valence-corrected chi connectivity index (χ1v) is 6.29. The molecular formula is C14H20FNO. The maximum Gasteiger partial charge on any atom is 0.126 e. The minimum Gasteiger partial charge on any atom is -0.381 e. The predicted octanol–water partition coefficient (Wildman–Crippen LogP) is 2.38. The number of hydrogen-bond donors (Lipinski definition) is 1. The number of benzene rings is 1. The molecule has 1 unspecified atom stereocenters. The molecule has 94 valence electrons. The van der Waals surface area contributed by atoms with Crippen LogP contribution in [0.25, 0.3) is 0 Å². The van der Waals surface area contributed by atoms with Crippen LogP contribution < -0.4 is 5.32 Å². The summed E-state index contributed by atoms with van der Waals surface area (Å²) in [6.07, 6.45) is 2.90. The van der Waals surface area contributed by atoms with Crippen molar-refractivity contribution in [3.05, 3.63) is 35.6 Å². The van der Waals surface area contributed by atoms with Crippen molar-refractivity contribution in [3.8, 4) is 0 Å². The SMILES string of the molecule is CNC(Cc1ccccc1F)C1CCOCC1. The van der Waals surface area contributed by atoms with Crippen molar-refractivity contribution >= 4 is 0 Å². The second kappa shape index (κ2) is 6.12. The Bertz CT molecular complexity index is 350. The summed E-state index contributed by atoms with van der Waals surface area (Å²) >= 11 is 0. The third kappa shape index (κ3) is 3.27. The summed E-state index contributed by atoms with van der Waals surface area (Å²) in [4.78, 5) is 0. The number of likely N-dealkylation sites (N-methyl/N-ethyl adjacent to an activating group) is 1. The van der Waals surface area contributed by atoms with Gasteiger partial charge in [0, 0.05) is 19.3 Å². The first kappa shape index (κ1) is 12.5. The molecular weight excluding hydrogens is 217 g/mol. The van der Waals surface area contributed by atoms with Crippen LogP contribution in [0.2, 0.25) is 0 Å². The van der Waals surface area contributed by atoms with Gasteiger partial charge in [-0.1, -0.05) is 18.2 Å². The Morgan fingerprint density at radius 1 is 1.35 bits per heavy atom. The molecule has 1 fully saturated rings. The average molecular weight is 237 g/mol. The third-order valence-electron chi connectivity index (χ3n) is 3.60. The van der Waals surface area contributed by atoms with Crippen molar-refractivity contribution in [1.29, 1.82) is 0 Å². The van der Waals surface area contributed by atoms with E-state index in [2.05, 4.69) is 5.32 Å². The summed E-state index contributed by atoms with van der Waals surface area (Å²) in [5, 5.41) is 3.33. The first-order chi connectivity index (χ1) is 8.31. The maximum absolute atomic E-state index is 13.6. The monoisotopic (exact) mass is 237 g/mol. The van der Waals surface area contributed by atoms with Gasteiger partial charge in [0.1, 0.15) is 5.82 Å². The molecule has 1 aromatic rings. The molecule has 1 N–H and O–H groups in total. The van der Waals surface area contributed by atoms with Crippen LogP contribution in [0.5, 0.6) is 0 Å². The Morgan fingerprint density at radius 3 is 2.71 bits per heavy atom. The Balaban J connectivity index is 2.01. The fourth-order valence-corrected chi connectivity index (χ4v) is 2.52. The first-order valence-electron chi connectivity index (χ1n) is 6.29. The van der Waals surface area contributed by atoms with Crippen LogP contribution in [-0.4, -0.2) is 26.3 Å². The topological polar surface area (TPSA) is 21.3 Å². The molecule has 0 aliphatic carbocycles. The van der Waals surface area contributed by atoms with E-state index in [1.165, 1.54) is 6.07 Å². The highest BCUT2D eigenvalue weighted by Crippen LogP contribution is 2.22. The molecule has 1 aromatic carbocycles. The molecule has 1 aliphatic heterocycles. The Morgan fingerprint density at radius 2 is 2.06 bits per heavy atom. The molecule has 0 saturated carbocycles. The summed E-state index contributed by atoms with van der Waals surface area (Å²) in [5.41, 5.74) is 0.804. The van der Waals surface area contributed by atoms with Crippen molar-refractivity contribution in [2.75, 3.05) is 20.3 Å². The molecule has 2 nitrogen and oxygen atoms in total. The quantitative estimate of drug-likeness (QED) is 0.868. The zero-order chi connectivity index (χ0) is 12.1. The lowest BCUT2D eigenvalue weighted by Crippen LogP contribution is -2.38. The molecule has 3 heteroatoms. The van der Waals surface area contributed by atoms with Gasteiger partial charge in [-0.05, 0) is 43.9 Å². The van der Waals surface area contributed by atoms with Gasteiger partial charge in [0.2, 0.25) is 0 Å². The second-order valence-electron chi connectivity index (χ2n) is 4.64. The number of hydrogen-bond acceptors (Lipinski definition) is 2. The van der Waals surface area contributed by atoms with Crippen molar-refractivity contribution in [1.82, 2.24) is 5.32 Å². The number of halogens is 1. The van der Waals surface area contributed by atoms with Crippen LogP contribution in [0, 0.1) is 11.7 Å². The van der Waals surface area contributed by atoms with Crippen LogP contribution in [0.1, 0.15) is 18.4 Å². The fraction of sp³-hybridized carbons (Fsp3) is 0.571. The van der Waals surface area contributed by atoms with E-state index >= 15 is 0 Å². The van der Waals surface area contributed by atoms with Crippen LogP contribution in [0.15, 0.2) is 24.3 Å². The van der Waals surface area contributed by atoms with Gasteiger partial charge in [-0.2, -0.15) is 0 Å². The zero-order valence-electron chi connectivity index (χ0n) is 10.3. The van der Waals surface area contributed by atoms with E-state index < -0.39 is 0 Å². The summed E-state index contributed by atoms with van der Waals surface area (Å²) in [5.74, 6) is 0.494. The molecule has 1 atom stereocenters. The molecule has 0 radical (unpaired) electrons. The Hall–Kier alpha value is -0.930. The lowest BCUT2D eigenvalue weighted by atomic mass is 9.87. The van der Waals surface area contributed by atoms with Crippen LogP contribution >= 0.6 is 0 Å². The highest BCUT2D eigenvalue weighted by molar-refractivity contribution is 5.18. The zero-order valence-corrected chi connectivity index (χ0v) is 10.3. The minimum absolute atomic E-state index is 0.0974. The lowest BCUT2D eigenvalue weighted by molar-refractivity contribution is 0.0547. The Kier molecular flexibility index (Phi) is 4.51. The summed E-state index contributed by atoms with van der Waals surface area (Å²) in [6.45, 7) is 1.67. The van der Waals surface area contributed by atoms with Gasteiger partial charge in [-0.25, -0.2) is 4.39 Å². The number of nitrogens with one attached hydrogen (secondary N) is 1. The van der Waals surface area contributed by atoms with E-state index in [1.54, 1.807) is 6.07 Å². The molecule has 2 rings (SSSR count). The molecule has 1 aliphatic rings. The maximum atomic E-state index is 13.6. The molecule has 0 aromatic heterocycles. The average Bonchev–Trinajstić information content (AvgIpc) is 2.39. The van der Waals surface area contributed by atoms with E-state index in [1.807, 2.05) is 19.2 Å².